The second-order valence-electron chi connectivity index (χ2n) is 13.9. The molecule has 1 aliphatic rings. The van der Waals surface area contributed by atoms with Crippen molar-refractivity contribution in [3.8, 4) is 56.4 Å². The van der Waals surface area contributed by atoms with Crippen LogP contribution < -0.4 is 0 Å². The van der Waals surface area contributed by atoms with Gasteiger partial charge in [-0.2, -0.15) is 0 Å². The zero-order chi connectivity index (χ0) is 35.6. The maximum atomic E-state index is 6.42. The molecule has 0 saturated carbocycles. The molecule has 0 amide bonds. The lowest BCUT2D eigenvalue weighted by Crippen LogP contribution is -2.01. The van der Waals surface area contributed by atoms with E-state index in [0.717, 1.165) is 95.7 Å². The summed E-state index contributed by atoms with van der Waals surface area (Å²) < 4.78 is 12.6. The molecule has 254 valence electrons. The third-order valence-electron chi connectivity index (χ3n) is 10.6. The van der Waals surface area contributed by atoms with E-state index in [1.807, 2.05) is 48.5 Å². The Morgan fingerprint density at radius 3 is 1.83 bits per heavy atom. The van der Waals surface area contributed by atoms with Crippen molar-refractivity contribution in [3.63, 3.8) is 0 Å². The Labute approximate surface area is 310 Å². The molecule has 0 bridgehead atoms. The first kappa shape index (κ1) is 30.5. The molecular formula is C49H31N3O2. The molecule has 0 unspecified atom stereocenters. The molecule has 0 saturated heterocycles. The van der Waals surface area contributed by atoms with Gasteiger partial charge in [-0.25, -0.2) is 15.0 Å². The van der Waals surface area contributed by atoms with Crippen molar-refractivity contribution in [1.29, 1.82) is 0 Å². The molecule has 3 heterocycles. The van der Waals surface area contributed by atoms with Gasteiger partial charge < -0.3 is 8.83 Å². The minimum Gasteiger partial charge on any atom is -0.456 e. The van der Waals surface area contributed by atoms with Gasteiger partial charge in [-0.3, -0.25) is 0 Å². The van der Waals surface area contributed by atoms with E-state index in [1.54, 1.807) is 0 Å². The zero-order valence-electron chi connectivity index (χ0n) is 29.2. The van der Waals surface area contributed by atoms with Gasteiger partial charge in [0.25, 0.3) is 0 Å². The van der Waals surface area contributed by atoms with Crippen molar-refractivity contribution in [2.75, 3.05) is 0 Å². The lowest BCUT2D eigenvalue weighted by atomic mass is 9.94. The normalized spacial score (nSPS) is 12.6. The molecule has 0 radical (unpaired) electrons. The maximum Gasteiger partial charge on any atom is 0.164 e. The summed E-state index contributed by atoms with van der Waals surface area (Å²) in [5.41, 5.74) is 13.2. The lowest BCUT2D eigenvalue weighted by molar-refractivity contribution is 0.668. The topological polar surface area (TPSA) is 65.0 Å². The van der Waals surface area contributed by atoms with Crippen molar-refractivity contribution < 1.29 is 8.83 Å². The van der Waals surface area contributed by atoms with Crippen LogP contribution in [0, 0.1) is 0 Å². The first-order valence-electron chi connectivity index (χ1n) is 18.3. The van der Waals surface area contributed by atoms with Gasteiger partial charge in [-0.05, 0) is 94.8 Å². The highest BCUT2D eigenvalue weighted by molar-refractivity contribution is 6.13. The molecule has 54 heavy (non-hydrogen) atoms. The smallest absolute Gasteiger partial charge is 0.164 e. The molecule has 7 aromatic carbocycles. The quantitative estimate of drug-likeness (QED) is 0.179. The molecule has 0 spiro atoms. The molecule has 0 atom stereocenters. The Morgan fingerprint density at radius 2 is 1.02 bits per heavy atom. The number of aryl methyl sites for hydroxylation is 1. The third-order valence-corrected chi connectivity index (χ3v) is 10.6. The molecule has 0 aliphatic heterocycles. The van der Waals surface area contributed by atoms with Gasteiger partial charge in [0.1, 0.15) is 22.3 Å². The van der Waals surface area contributed by atoms with E-state index in [4.69, 9.17) is 23.8 Å². The summed E-state index contributed by atoms with van der Waals surface area (Å²) in [5, 5.41) is 4.30. The van der Waals surface area contributed by atoms with Gasteiger partial charge >= 0.3 is 0 Å². The highest BCUT2D eigenvalue weighted by Crippen LogP contribution is 2.41. The fourth-order valence-electron chi connectivity index (χ4n) is 7.87. The summed E-state index contributed by atoms with van der Waals surface area (Å²) in [4.78, 5) is 15.3. The van der Waals surface area contributed by atoms with E-state index in [9.17, 15) is 0 Å². The molecular weight excluding hydrogens is 663 g/mol. The van der Waals surface area contributed by atoms with E-state index < -0.39 is 0 Å². The van der Waals surface area contributed by atoms with E-state index in [-0.39, 0.29) is 0 Å². The summed E-state index contributed by atoms with van der Waals surface area (Å²) >= 11 is 0. The monoisotopic (exact) mass is 693 g/mol. The lowest BCUT2D eigenvalue weighted by Gasteiger charge is -2.13. The Hall–Kier alpha value is -7.11. The van der Waals surface area contributed by atoms with Crippen LogP contribution in [-0.2, 0) is 6.42 Å². The maximum absolute atomic E-state index is 6.42. The van der Waals surface area contributed by atoms with Crippen molar-refractivity contribution in [2.45, 2.75) is 12.8 Å². The molecule has 1 aliphatic carbocycles. The van der Waals surface area contributed by atoms with Crippen molar-refractivity contribution in [2.24, 2.45) is 0 Å². The standard InChI is InChI=1S/C49H31N3O2/c1-2-10-30(11-3-1)37-28-40(46-39-15-7-9-17-43(39)54-45(46)29-37)32-19-21-33(22-20-32)47-50-48(35-23-18-31-12-4-5-13-34(31)26-35)52-49(51-47)36-24-25-44-41(27-36)38-14-6-8-16-42(38)53-44/h1-3,5-11,13-29H,4,12H2. The van der Waals surface area contributed by atoms with Gasteiger partial charge in [0.15, 0.2) is 17.5 Å². The van der Waals surface area contributed by atoms with Crippen LogP contribution in [0.4, 0.5) is 0 Å². The second kappa shape index (κ2) is 12.2. The molecule has 11 rings (SSSR count). The van der Waals surface area contributed by atoms with E-state index in [2.05, 4.69) is 115 Å². The van der Waals surface area contributed by atoms with Gasteiger partial charge in [0.05, 0.1) is 0 Å². The van der Waals surface area contributed by atoms with Crippen LogP contribution in [0.2, 0.25) is 0 Å². The van der Waals surface area contributed by atoms with Crippen molar-refractivity contribution in [3.05, 3.63) is 169 Å². The predicted molar refractivity (Wildman–Crippen MR) is 219 cm³/mol. The number of aromatic nitrogens is 3. The van der Waals surface area contributed by atoms with Crippen molar-refractivity contribution >= 4 is 50.0 Å². The average Bonchev–Trinajstić information content (AvgIpc) is 3.81. The number of hydrogen-bond donors (Lipinski definition) is 0. The number of hydrogen-bond acceptors (Lipinski definition) is 5. The van der Waals surface area contributed by atoms with Gasteiger partial charge in [0, 0.05) is 38.2 Å². The fourth-order valence-corrected chi connectivity index (χ4v) is 7.87. The van der Waals surface area contributed by atoms with Crippen LogP contribution in [-0.4, -0.2) is 15.0 Å². The number of allylic oxidation sites excluding steroid dienone is 1. The molecule has 10 aromatic rings. The molecule has 0 N–H and O–H groups in total. The van der Waals surface area contributed by atoms with Crippen LogP contribution in [0.15, 0.2) is 167 Å². The number of benzene rings is 7. The number of nitrogens with zero attached hydrogens (tertiary/aromatic N) is 3. The Balaban J connectivity index is 1.06. The van der Waals surface area contributed by atoms with Crippen LogP contribution >= 0.6 is 0 Å². The number of furan rings is 2. The first-order valence-corrected chi connectivity index (χ1v) is 18.3. The predicted octanol–water partition coefficient (Wildman–Crippen LogP) is 13.0. The van der Waals surface area contributed by atoms with Crippen LogP contribution in [0.25, 0.3) is 106 Å². The number of fused-ring (bicyclic) bond motifs is 7. The van der Waals surface area contributed by atoms with Gasteiger partial charge in [-0.1, -0.05) is 115 Å². The first-order chi connectivity index (χ1) is 26.7. The molecule has 5 nitrogen and oxygen atoms in total. The number of rotatable bonds is 5. The Bertz CT molecular complexity index is 3100. The summed E-state index contributed by atoms with van der Waals surface area (Å²) in [6.45, 7) is 0. The van der Waals surface area contributed by atoms with Crippen LogP contribution in [0.3, 0.4) is 0 Å². The van der Waals surface area contributed by atoms with Gasteiger partial charge in [0.2, 0.25) is 0 Å². The Kier molecular flexibility index (Phi) is 6.92. The third kappa shape index (κ3) is 5.13. The average molecular weight is 694 g/mol. The number of para-hydroxylation sites is 2. The zero-order valence-corrected chi connectivity index (χ0v) is 29.2. The summed E-state index contributed by atoms with van der Waals surface area (Å²) in [7, 11) is 0. The van der Waals surface area contributed by atoms with E-state index in [1.165, 1.54) is 11.1 Å². The van der Waals surface area contributed by atoms with E-state index in [0.29, 0.717) is 17.5 Å². The minimum atomic E-state index is 0.613. The molecule has 3 aromatic heterocycles. The van der Waals surface area contributed by atoms with Crippen LogP contribution in [0.1, 0.15) is 17.5 Å². The summed E-state index contributed by atoms with van der Waals surface area (Å²) in [6.07, 6.45) is 6.54. The van der Waals surface area contributed by atoms with Crippen LogP contribution in [0.5, 0.6) is 0 Å². The second-order valence-corrected chi connectivity index (χ2v) is 13.9. The highest BCUT2D eigenvalue weighted by atomic mass is 16.3. The highest BCUT2D eigenvalue weighted by Gasteiger charge is 2.18. The Morgan fingerprint density at radius 1 is 0.407 bits per heavy atom. The minimum absolute atomic E-state index is 0.613. The van der Waals surface area contributed by atoms with Crippen molar-refractivity contribution in [1.82, 2.24) is 15.0 Å². The fraction of sp³-hybridized carbons (Fsp3) is 0.0408. The summed E-state index contributed by atoms with van der Waals surface area (Å²) in [5.74, 6) is 1.87. The SMILES string of the molecule is C1=Cc2cc(-c3nc(-c4ccc(-c5cc(-c6ccccc6)cc6oc7ccccc7c56)cc4)nc(-c4ccc5oc6ccccc6c5c4)n3)ccc2CC1. The molecule has 5 heteroatoms. The largest absolute Gasteiger partial charge is 0.456 e. The molecule has 0 fully saturated rings. The van der Waals surface area contributed by atoms with E-state index >= 15 is 0 Å². The summed E-state index contributed by atoms with van der Waals surface area (Å²) in [6, 6.07) is 52.5. The van der Waals surface area contributed by atoms with Gasteiger partial charge in [-0.15, -0.1) is 0 Å².